The molecule has 1 N–H and O–H groups in total. The molecular formula is C18H18N4O2S. The largest absolute Gasteiger partial charge is 0.355 e. The van der Waals surface area contributed by atoms with Gasteiger partial charge >= 0.3 is 0 Å². The first-order valence-electron chi connectivity index (χ1n) is 8.01. The van der Waals surface area contributed by atoms with Gasteiger partial charge in [0.1, 0.15) is 5.52 Å². The Morgan fingerprint density at radius 2 is 1.84 bits per heavy atom. The lowest BCUT2D eigenvalue weighted by molar-refractivity contribution is -0.121. The second kappa shape index (κ2) is 8.43. The molecule has 0 aliphatic carbocycles. The van der Waals surface area contributed by atoms with Crippen molar-refractivity contribution in [3.05, 3.63) is 65.0 Å². The zero-order valence-corrected chi connectivity index (χ0v) is 14.4. The number of nitrogens with zero attached hydrogens (tertiary/aromatic N) is 3. The first-order chi connectivity index (χ1) is 12.2. The molecule has 0 bridgehead atoms. The van der Waals surface area contributed by atoms with Crippen LogP contribution < -0.4 is 10.9 Å². The molecule has 3 rings (SSSR count). The maximum absolute atomic E-state index is 12.3. The maximum atomic E-state index is 12.3. The van der Waals surface area contributed by atoms with Gasteiger partial charge in [0, 0.05) is 23.6 Å². The van der Waals surface area contributed by atoms with Crippen molar-refractivity contribution in [3.63, 3.8) is 0 Å². The molecule has 128 valence electrons. The summed E-state index contributed by atoms with van der Waals surface area (Å²) in [7, 11) is 0. The van der Waals surface area contributed by atoms with Crippen molar-refractivity contribution in [2.24, 2.45) is 0 Å². The van der Waals surface area contributed by atoms with Crippen LogP contribution in [-0.4, -0.2) is 33.2 Å². The van der Waals surface area contributed by atoms with Gasteiger partial charge in [-0.2, -0.15) is 0 Å². The summed E-state index contributed by atoms with van der Waals surface area (Å²) in [5, 5.41) is 11.3. The number of nitrogens with one attached hydrogen (secondary N) is 1. The summed E-state index contributed by atoms with van der Waals surface area (Å²) in [6.45, 7) is 0.797. The molecule has 7 heteroatoms. The molecule has 0 aliphatic rings. The van der Waals surface area contributed by atoms with Crippen LogP contribution in [-0.2, 0) is 11.3 Å². The fraction of sp³-hybridized carbons (Fsp3) is 0.222. The molecule has 0 saturated carbocycles. The fourth-order valence-electron chi connectivity index (χ4n) is 2.34. The third-order valence-electron chi connectivity index (χ3n) is 3.62. The molecule has 6 nitrogen and oxygen atoms in total. The quantitative estimate of drug-likeness (QED) is 0.519. The molecular weight excluding hydrogens is 336 g/mol. The Hall–Kier alpha value is -2.67. The van der Waals surface area contributed by atoms with E-state index in [0.29, 0.717) is 17.4 Å². The molecule has 25 heavy (non-hydrogen) atoms. The summed E-state index contributed by atoms with van der Waals surface area (Å²) in [4.78, 5) is 25.4. The number of aromatic nitrogens is 3. The molecule has 0 atom stereocenters. The lowest BCUT2D eigenvalue weighted by atomic mass is 10.2. The molecule has 2 aromatic carbocycles. The fourth-order valence-corrected chi connectivity index (χ4v) is 3.13. The maximum Gasteiger partial charge on any atom is 0.277 e. The molecule has 1 amide bonds. The van der Waals surface area contributed by atoms with Crippen molar-refractivity contribution >= 4 is 28.6 Å². The highest BCUT2D eigenvalue weighted by Gasteiger charge is 2.07. The van der Waals surface area contributed by atoms with E-state index in [1.807, 2.05) is 36.4 Å². The van der Waals surface area contributed by atoms with Gasteiger partial charge in [-0.3, -0.25) is 9.59 Å². The van der Waals surface area contributed by atoms with E-state index in [-0.39, 0.29) is 24.4 Å². The van der Waals surface area contributed by atoms with E-state index in [0.717, 1.165) is 5.75 Å². The molecule has 1 heterocycles. The molecule has 0 saturated heterocycles. The minimum absolute atomic E-state index is 0.101. The third-order valence-corrected chi connectivity index (χ3v) is 4.63. The van der Waals surface area contributed by atoms with E-state index in [2.05, 4.69) is 15.6 Å². The van der Waals surface area contributed by atoms with Crippen LogP contribution in [0.25, 0.3) is 10.9 Å². The topological polar surface area (TPSA) is 76.9 Å². The zero-order valence-electron chi connectivity index (χ0n) is 13.6. The molecule has 0 fully saturated rings. The third kappa shape index (κ3) is 4.67. The van der Waals surface area contributed by atoms with Gasteiger partial charge in [0.25, 0.3) is 5.56 Å². The molecule has 1 aromatic heterocycles. The SMILES string of the molecule is O=C(CCn1nnc2ccccc2c1=O)NCCSc1ccccc1. The van der Waals surface area contributed by atoms with Crippen molar-refractivity contribution in [1.29, 1.82) is 0 Å². The van der Waals surface area contributed by atoms with E-state index in [4.69, 9.17) is 0 Å². The highest BCUT2D eigenvalue weighted by atomic mass is 32.2. The first kappa shape index (κ1) is 17.2. The average molecular weight is 354 g/mol. The number of rotatable bonds is 7. The number of amides is 1. The summed E-state index contributed by atoms with van der Waals surface area (Å²) in [6, 6.07) is 17.1. The van der Waals surface area contributed by atoms with E-state index in [1.165, 1.54) is 9.58 Å². The highest BCUT2D eigenvalue weighted by Crippen LogP contribution is 2.15. The van der Waals surface area contributed by atoms with Gasteiger partial charge < -0.3 is 5.32 Å². The van der Waals surface area contributed by atoms with Crippen molar-refractivity contribution in [1.82, 2.24) is 20.3 Å². The number of fused-ring (bicyclic) bond motifs is 1. The standard InChI is InChI=1S/C18H18N4O2S/c23-17(19-11-13-25-14-6-2-1-3-7-14)10-12-22-18(24)15-8-4-5-9-16(15)20-21-22/h1-9H,10-13H2,(H,19,23). The summed E-state index contributed by atoms with van der Waals surface area (Å²) in [5.41, 5.74) is 0.337. The molecule has 0 radical (unpaired) electrons. The smallest absolute Gasteiger partial charge is 0.277 e. The van der Waals surface area contributed by atoms with Gasteiger partial charge in [-0.15, -0.1) is 16.9 Å². The van der Waals surface area contributed by atoms with Gasteiger partial charge in [0.15, 0.2) is 0 Å². The van der Waals surface area contributed by atoms with Gasteiger partial charge in [-0.1, -0.05) is 35.5 Å². The number of carbonyl (C=O) groups is 1. The first-order valence-corrected chi connectivity index (χ1v) is 9.00. The Balaban J connectivity index is 1.46. The normalized spacial score (nSPS) is 10.7. The van der Waals surface area contributed by atoms with Gasteiger partial charge in [0.2, 0.25) is 5.91 Å². The summed E-state index contributed by atoms with van der Waals surface area (Å²) in [5.74, 6) is 0.696. The van der Waals surface area contributed by atoms with Crippen LogP contribution in [0.5, 0.6) is 0 Å². The highest BCUT2D eigenvalue weighted by molar-refractivity contribution is 7.99. The Kier molecular flexibility index (Phi) is 5.79. The number of benzene rings is 2. The average Bonchev–Trinajstić information content (AvgIpc) is 2.66. The number of hydrogen-bond acceptors (Lipinski definition) is 5. The lowest BCUT2D eigenvalue weighted by Crippen LogP contribution is -2.30. The van der Waals surface area contributed by atoms with Crippen LogP contribution in [0.2, 0.25) is 0 Å². The van der Waals surface area contributed by atoms with Crippen LogP contribution in [0.3, 0.4) is 0 Å². The monoisotopic (exact) mass is 354 g/mol. The number of carbonyl (C=O) groups excluding carboxylic acids is 1. The van der Waals surface area contributed by atoms with Gasteiger partial charge in [0.05, 0.1) is 11.9 Å². The van der Waals surface area contributed by atoms with E-state index in [1.54, 1.807) is 30.0 Å². The number of thioether (sulfide) groups is 1. The van der Waals surface area contributed by atoms with Crippen LogP contribution in [0.15, 0.2) is 64.3 Å². The number of hydrogen-bond donors (Lipinski definition) is 1. The van der Waals surface area contributed by atoms with Crippen molar-refractivity contribution in [2.45, 2.75) is 17.9 Å². The van der Waals surface area contributed by atoms with Crippen LogP contribution in [0.4, 0.5) is 0 Å². The van der Waals surface area contributed by atoms with Crippen LogP contribution >= 0.6 is 11.8 Å². The van der Waals surface area contributed by atoms with Gasteiger partial charge in [-0.25, -0.2) is 4.68 Å². The Morgan fingerprint density at radius 3 is 2.68 bits per heavy atom. The van der Waals surface area contributed by atoms with Gasteiger partial charge in [-0.05, 0) is 24.3 Å². The Labute approximate surface area is 149 Å². The molecule has 0 spiro atoms. The second-order valence-electron chi connectivity index (χ2n) is 5.40. The predicted molar refractivity (Wildman–Crippen MR) is 98.6 cm³/mol. The zero-order chi connectivity index (χ0) is 17.5. The van der Waals surface area contributed by atoms with Crippen LogP contribution in [0, 0.1) is 0 Å². The van der Waals surface area contributed by atoms with Crippen molar-refractivity contribution in [2.75, 3.05) is 12.3 Å². The summed E-state index contributed by atoms with van der Waals surface area (Å²) < 4.78 is 1.24. The lowest BCUT2D eigenvalue weighted by Gasteiger charge is -2.06. The van der Waals surface area contributed by atoms with Crippen LogP contribution in [0.1, 0.15) is 6.42 Å². The van der Waals surface area contributed by atoms with E-state index < -0.39 is 0 Å². The summed E-state index contributed by atoms with van der Waals surface area (Å²) in [6.07, 6.45) is 0.197. The minimum Gasteiger partial charge on any atom is -0.355 e. The second-order valence-corrected chi connectivity index (χ2v) is 6.56. The van der Waals surface area contributed by atoms with Crippen molar-refractivity contribution in [3.8, 4) is 0 Å². The number of aryl methyl sites for hydroxylation is 1. The molecule has 0 aliphatic heterocycles. The Morgan fingerprint density at radius 1 is 1.08 bits per heavy atom. The molecule has 0 unspecified atom stereocenters. The van der Waals surface area contributed by atoms with E-state index in [9.17, 15) is 9.59 Å². The minimum atomic E-state index is -0.224. The Bertz CT molecular complexity index is 912. The van der Waals surface area contributed by atoms with E-state index >= 15 is 0 Å². The molecule has 3 aromatic rings. The van der Waals surface area contributed by atoms with Crippen molar-refractivity contribution < 1.29 is 4.79 Å². The summed E-state index contributed by atoms with van der Waals surface area (Å²) >= 11 is 1.69. The predicted octanol–water partition coefficient (Wildman–Crippen LogP) is 2.09.